The summed E-state index contributed by atoms with van der Waals surface area (Å²) in [6.45, 7) is 0. The monoisotopic (exact) mass is 281 g/mol. The largest absolute Gasteiger partial charge is 0.313 e. The molecule has 0 spiro atoms. The van der Waals surface area contributed by atoms with Crippen LogP contribution in [0.4, 0.5) is 4.39 Å². The van der Waals surface area contributed by atoms with Gasteiger partial charge in [-0.25, -0.2) is 4.39 Å². The summed E-state index contributed by atoms with van der Waals surface area (Å²) in [6.07, 6.45) is 2.49. The van der Waals surface area contributed by atoms with Gasteiger partial charge in [-0.05, 0) is 66.5 Å². The first-order valence-electron chi connectivity index (χ1n) is 7.80. The molecule has 4 unspecified atom stereocenters. The molecule has 1 saturated carbocycles. The minimum absolute atomic E-state index is 0.160. The lowest BCUT2D eigenvalue weighted by Gasteiger charge is -2.17. The van der Waals surface area contributed by atoms with Crippen molar-refractivity contribution in [1.29, 1.82) is 0 Å². The van der Waals surface area contributed by atoms with E-state index in [-0.39, 0.29) is 5.82 Å². The van der Waals surface area contributed by atoms with Crippen molar-refractivity contribution in [2.24, 2.45) is 11.8 Å². The second-order valence-electron chi connectivity index (χ2n) is 6.32. The maximum atomic E-state index is 13.1. The first-order valence-corrected chi connectivity index (χ1v) is 7.80. The predicted octanol–water partition coefficient (Wildman–Crippen LogP) is 4.06. The summed E-state index contributed by atoms with van der Waals surface area (Å²) in [5.74, 6) is 1.94. The van der Waals surface area contributed by atoms with E-state index < -0.39 is 0 Å². The summed E-state index contributed by atoms with van der Waals surface area (Å²) in [7, 11) is 2.02. The van der Waals surface area contributed by atoms with E-state index in [1.54, 1.807) is 17.7 Å². The highest BCUT2D eigenvalue weighted by Crippen LogP contribution is 2.64. The first-order chi connectivity index (χ1) is 10.3. The number of nitrogens with one attached hydrogen (secondary N) is 1. The normalized spacial score (nSPS) is 27.6. The molecule has 0 saturated heterocycles. The van der Waals surface area contributed by atoms with Gasteiger partial charge in [-0.15, -0.1) is 0 Å². The molecule has 4 rings (SSSR count). The van der Waals surface area contributed by atoms with Crippen LogP contribution < -0.4 is 5.32 Å². The molecule has 2 heteroatoms. The van der Waals surface area contributed by atoms with Gasteiger partial charge in [0.1, 0.15) is 5.82 Å². The van der Waals surface area contributed by atoms with Gasteiger partial charge in [0.2, 0.25) is 0 Å². The molecule has 1 fully saturated rings. The molecule has 0 heterocycles. The Balaban J connectivity index is 1.64. The highest BCUT2D eigenvalue weighted by Gasteiger charge is 2.56. The van der Waals surface area contributed by atoms with Crippen LogP contribution in [0.1, 0.15) is 35.1 Å². The third-order valence-corrected chi connectivity index (χ3v) is 5.32. The van der Waals surface area contributed by atoms with E-state index in [1.807, 2.05) is 19.2 Å². The summed E-state index contributed by atoms with van der Waals surface area (Å²) in [5, 5.41) is 3.46. The van der Waals surface area contributed by atoms with Crippen LogP contribution in [0.3, 0.4) is 0 Å². The number of rotatable bonds is 3. The van der Waals surface area contributed by atoms with Crippen molar-refractivity contribution in [2.45, 2.75) is 24.8 Å². The fraction of sp³-hybridized carbons (Fsp3) is 0.368. The molecule has 2 aromatic rings. The van der Waals surface area contributed by atoms with E-state index in [9.17, 15) is 4.39 Å². The number of hydrogen-bond acceptors (Lipinski definition) is 1. The number of benzene rings is 2. The second-order valence-corrected chi connectivity index (χ2v) is 6.32. The zero-order chi connectivity index (χ0) is 14.4. The molecule has 1 N–H and O–H groups in total. The predicted molar refractivity (Wildman–Crippen MR) is 82.7 cm³/mol. The van der Waals surface area contributed by atoms with Crippen LogP contribution >= 0.6 is 0 Å². The lowest BCUT2D eigenvalue weighted by atomic mass is 9.92. The number of aryl methyl sites for hydroxylation is 1. The van der Waals surface area contributed by atoms with Gasteiger partial charge in [0.25, 0.3) is 0 Å². The van der Waals surface area contributed by atoms with Gasteiger partial charge >= 0.3 is 0 Å². The van der Waals surface area contributed by atoms with Crippen LogP contribution in [-0.2, 0) is 6.42 Å². The van der Waals surface area contributed by atoms with Crippen molar-refractivity contribution in [3.8, 4) is 0 Å². The minimum atomic E-state index is -0.160. The molecule has 2 aromatic carbocycles. The Morgan fingerprint density at radius 3 is 2.62 bits per heavy atom. The van der Waals surface area contributed by atoms with Gasteiger partial charge in [0.15, 0.2) is 0 Å². The van der Waals surface area contributed by atoms with Crippen LogP contribution in [0, 0.1) is 17.7 Å². The second kappa shape index (κ2) is 4.96. The van der Waals surface area contributed by atoms with Gasteiger partial charge in [-0.2, -0.15) is 0 Å². The van der Waals surface area contributed by atoms with Crippen molar-refractivity contribution in [3.63, 3.8) is 0 Å². The van der Waals surface area contributed by atoms with Crippen LogP contribution in [-0.4, -0.2) is 7.05 Å². The van der Waals surface area contributed by atoms with Crippen LogP contribution in [0.25, 0.3) is 0 Å². The molecule has 4 atom stereocenters. The van der Waals surface area contributed by atoms with E-state index in [4.69, 9.17) is 0 Å². The van der Waals surface area contributed by atoms with Crippen molar-refractivity contribution in [1.82, 2.24) is 5.32 Å². The summed E-state index contributed by atoms with van der Waals surface area (Å²) in [5.41, 5.74) is 4.27. The molecular formula is C19H20FN. The Hall–Kier alpha value is -1.67. The Morgan fingerprint density at radius 1 is 1.10 bits per heavy atom. The fourth-order valence-corrected chi connectivity index (χ4v) is 4.33. The minimum Gasteiger partial charge on any atom is -0.313 e. The van der Waals surface area contributed by atoms with Gasteiger partial charge in [-0.3, -0.25) is 0 Å². The van der Waals surface area contributed by atoms with Crippen molar-refractivity contribution in [3.05, 3.63) is 71.0 Å². The molecule has 2 aliphatic rings. The summed E-state index contributed by atoms with van der Waals surface area (Å²) in [6, 6.07) is 16.2. The fourth-order valence-electron chi connectivity index (χ4n) is 4.33. The van der Waals surface area contributed by atoms with Crippen LogP contribution in [0.5, 0.6) is 0 Å². The maximum absolute atomic E-state index is 13.1. The molecular weight excluding hydrogens is 261 g/mol. The number of halogens is 1. The molecule has 1 nitrogen and oxygen atoms in total. The van der Waals surface area contributed by atoms with E-state index in [2.05, 4.69) is 29.6 Å². The summed E-state index contributed by atoms with van der Waals surface area (Å²) in [4.78, 5) is 0. The van der Waals surface area contributed by atoms with Gasteiger partial charge < -0.3 is 5.32 Å². The first kappa shape index (κ1) is 13.0. The quantitative estimate of drug-likeness (QED) is 0.894. The Kier molecular flexibility index (Phi) is 3.07. The summed E-state index contributed by atoms with van der Waals surface area (Å²) < 4.78 is 13.1. The Bertz CT molecular complexity index is 649. The average Bonchev–Trinajstić information content (AvgIpc) is 3.25. The highest BCUT2D eigenvalue weighted by molar-refractivity contribution is 5.41. The number of hydrogen-bond donors (Lipinski definition) is 1. The lowest BCUT2D eigenvalue weighted by molar-refractivity contribution is 0.484. The van der Waals surface area contributed by atoms with Crippen molar-refractivity contribution < 1.29 is 4.39 Å². The zero-order valence-corrected chi connectivity index (χ0v) is 12.2. The Morgan fingerprint density at radius 2 is 1.86 bits per heavy atom. The third-order valence-electron chi connectivity index (χ3n) is 5.32. The molecule has 0 amide bonds. The highest BCUT2D eigenvalue weighted by atomic mass is 19.1. The smallest absolute Gasteiger partial charge is 0.123 e. The molecule has 0 radical (unpaired) electrons. The topological polar surface area (TPSA) is 12.0 Å². The molecule has 0 aromatic heterocycles. The third kappa shape index (κ3) is 2.09. The molecule has 2 aliphatic carbocycles. The summed E-state index contributed by atoms with van der Waals surface area (Å²) >= 11 is 0. The standard InChI is InChI=1S/C19H20FN/c1-21-19(13-6-9-14(20)10-7-13)18-16-11-8-12-4-2-3-5-15(12)17(16)18/h2-7,9-10,16-19,21H,8,11H2,1H3. The molecule has 0 aliphatic heterocycles. The van der Waals surface area contributed by atoms with Gasteiger partial charge in [0.05, 0.1) is 0 Å². The van der Waals surface area contributed by atoms with Crippen molar-refractivity contribution >= 4 is 0 Å². The lowest BCUT2D eigenvalue weighted by Crippen LogP contribution is -2.19. The SMILES string of the molecule is CNC(c1ccc(F)cc1)C1C2CCc3ccccc3C21. The van der Waals surface area contributed by atoms with E-state index in [0.717, 1.165) is 5.92 Å². The molecule has 0 bridgehead atoms. The van der Waals surface area contributed by atoms with E-state index in [1.165, 1.54) is 24.0 Å². The van der Waals surface area contributed by atoms with E-state index in [0.29, 0.717) is 17.9 Å². The van der Waals surface area contributed by atoms with Gasteiger partial charge in [0, 0.05) is 6.04 Å². The Labute approximate surface area is 125 Å². The van der Waals surface area contributed by atoms with Crippen molar-refractivity contribution in [2.75, 3.05) is 7.05 Å². The van der Waals surface area contributed by atoms with Gasteiger partial charge in [-0.1, -0.05) is 36.4 Å². The molecule has 108 valence electrons. The zero-order valence-electron chi connectivity index (χ0n) is 12.2. The maximum Gasteiger partial charge on any atom is 0.123 e. The average molecular weight is 281 g/mol. The number of fused-ring (bicyclic) bond motifs is 3. The van der Waals surface area contributed by atoms with Crippen LogP contribution in [0.15, 0.2) is 48.5 Å². The van der Waals surface area contributed by atoms with E-state index >= 15 is 0 Å². The molecule has 21 heavy (non-hydrogen) atoms. The van der Waals surface area contributed by atoms with Crippen LogP contribution in [0.2, 0.25) is 0 Å².